The van der Waals surface area contributed by atoms with Gasteiger partial charge in [0.2, 0.25) is 5.95 Å². The number of guanidine groups is 1. The molecule has 0 saturated heterocycles. The van der Waals surface area contributed by atoms with E-state index in [2.05, 4.69) is 53.0 Å². The fourth-order valence-electron chi connectivity index (χ4n) is 3.70. The zero-order valence-electron chi connectivity index (χ0n) is 16.0. The van der Waals surface area contributed by atoms with Crippen LogP contribution in [0.25, 0.3) is 11.0 Å². The molecule has 3 aromatic rings. The van der Waals surface area contributed by atoms with E-state index in [1.54, 1.807) is 0 Å². The summed E-state index contributed by atoms with van der Waals surface area (Å²) in [6.07, 6.45) is 0.581. The Hall–Kier alpha value is -3.22. The van der Waals surface area contributed by atoms with Crippen molar-refractivity contribution in [3.8, 4) is 11.5 Å². The number of anilines is 1. The number of hydrogen-bond donors (Lipinski definition) is 2. The number of ether oxygens (including phenoxy) is 2. The average Bonchev–Trinajstić information content (AvgIpc) is 2.87. The first-order valence-corrected chi connectivity index (χ1v) is 9.62. The van der Waals surface area contributed by atoms with Crippen LogP contribution in [0.4, 0.5) is 5.95 Å². The number of rotatable bonds is 2. The summed E-state index contributed by atoms with van der Waals surface area (Å²) in [6.45, 7) is 5.66. The van der Waals surface area contributed by atoms with Crippen molar-refractivity contribution in [2.45, 2.75) is 32.4 Å². The highest BCUT2D eigenvalue weighted by Gasteiger charge is 2.27. The van der Waals surface area contributed by atoms with E-state index in [-0.39, 0.29) is 6.17 Å². The smallest absolute Gasteiger partial charge is 0.212 e. The van der Waals surface area contributed by atoms with E-state index in [4.69, 9.17) is 20.2 Å². The van der Waals surface area contributed by atoms with Gasteiger partial charge in [-0.1, -0.05) is 38.1 Å². The second kappa shape index (κ2) is 6.44. The number of fused-ring (bicyclic) bond motifs is 4. The Balaban J connectivity index is 1.65. The van der Waals surface area contributed by atoms with Crippen LogP contribution in [0.2, 0.25) is 0 Å². The predicted molar refractivity (Wildman–Crippen MR) is 109 cm³/mol. The van der Waals surface area contributed by atoms with Crippen molar-refractivity contribution >= 4 is 22.9 Å². The molecule has 28 heavy (non-hydrogen) atoms. The minimum absolute atomic E-state index is 0.285. The molecule has 0 aliphatic carbocycles. The summed E-state index contributed by atoms with van der Waals surface area (Å²) in [5, 5.41) is 3.08. The Morgan fingerprint density at radius 1 is 1.11 bits per heavy atom. The summed E-state index contributed by atoms with van der Waals surface area (Å²) in [6, 6.07) is 12.4. The third-order valence-electron chi connectivity index (χ3n) is 5.21. The summed E-state index contributed by atoms with van der Waals surface area (Å²) >= 11 is 0. The van der Waals surface area contributed by atoms with Crippen molar-refractivity contribution in [2.75, 3.05) is 18.5 Å². The number of nitrogens with one attached hydrogen (secondary N) is 1. The highest BCUT2D eigenvalue weighted by atomic mass is 16.5. The van der Waals surface area contributed by atoms with Gasteiger partial charge in [-0.25, -0.2) is 9.98 Å². The maximum absolute atomic E-state index is 6.06. The number of hydrogen-bond acceptors (Lipinski definition) is 6. The van der Waals surface area contributed by atoms with E-state index >= 15 is 0 Å². The van der Waals surface area contributed by atoms with Gasteiger partial charge in [0.1, 0.15) is 0 Å². The molecular weight excluding hydrogens is 354 g/mol. The molecule has 2 aliphatic heterocycles. The molecule has 5 rings (SSSR count). The zero-order valence-corrected chi connectivity index (χ0v) is 16.0. The first-order valence-electron chi connectivity index (χ1n) is 9.62. The van der Waals surface area contributed by atoms with Crippen LogP contribution < -0.4 is 20.5 Å². The molecule has 0 radical (unpaired) electrons. The Labute approximate surface area is 163 Å². The lowest BCUT2D eigenvalue weighted by atomic mass is 10.0. The van der Waals surface area contributed by atoms with Crippen LogP contribution in [0, 0.1) is 0 Å². The zero-order chi connectivity index (χ0) is 19.3. The van der Waals surface area contributed by atoms with E-state index in [1.165, 1.54) is 5.56 Å². The number of aromatic nitrogens is 2. The maximum atomic E-state index is 6.06. The lowest BCUT2D eigenvalue weighted by Gasteiger charge is -2.24. The van der Waals surface area contributed by atoms with Crippen LogP contribution in [-0.2, 0) is 0 Å². The van der Waals surface area contributed by atoms with Gasteiger partial charge in [0.05, 0.1) is 24.2 Å². The first-order chi connectivity index (χ1) is 13.6. The molecule has 3 heterocycles. The van der Waals surface area contributed by atoms with E-state index in [0.717, 1.165) is 34.5 Å². The first kappa shape index (κ1) is 16.9. The Bertz CT molecular complexity index is 1070. The molecule has 1 unspecified atom stereocenters. The number of nitrogens with zero attached hydrogens (tertiary/aromatic N) is 3. The van der Waals surface area contributed by atoms with Crippen molar-refractivity contribution in [1.29, 1.82) is 0 Å². The molecule has 1 aromatic heterocycles. The van der Waals surface area contributed by atoms with Gasteiger partial charge in [0, 0.05) is 18.6 Å². The van der Waals surface area contributed by atoms with Crippen LogP contribution in [0.15, 0.2) is 41.4 Å². The number of benzene rings is 2. The van der Waals surface area contributed by atoms with Gasteiger partial charge in [-0.15, -0.1) is 0 Å². The second-order valence-corrected chi connectivity index (χ2v) is 7.48. The van der Waals surface area contributed by atoms with Crippen LogP contribution in [0.5, 0.6) is 11.5 Å². The van der Waals surface area contributed by atoms with Crippen molar-refractivity contribution in [2.24, 2.45) is 10.7 Å². The normalized spacial score (nSPS) is 18.4. The largest absolute Gasteiger partial charge is 0.489 e. The van der Waals surface area contributed by atoms with Crippen LogP contribution in [0.1, 0.15) is 43.5 Å². The van der Waals surface area contributed by atoms with E-state index < -0.39 is 0 Å². The van der Waals surface area contributed by atoms with Gasteiger partial charge >= 0.3 is 0 Å². The highest BCUT2D eigenvalue weighted by Crippen LogP contribution is 2.39. The molecule has 7 nitrogen and oxygen atoms in total. The molecule has 7 heteroatoms. The molecular formula is C21H23N5O2. The van der Waals surface area contributed by atoms with E-state index in [0.29, 0.717) is 31.0 Å². The van der Waals surface area contributed by atoms with Crippen LogP contribution in [0.3, 0.4) is 0 Å². The summed E-state index contributed by atoms with van der Waals surface area (Å²) in [5.74, 6) is 2.97. The standard InChI is InChI=1S/C21H23N5O2/c1-12(2)13-4-6-14(7-5-13)19-24-20(22)25-21-23-15-10-17-18(11-16(15)26(19)21)28-9-3-8-27-17/h4-7,10-12,19H,3,8-9H2,1-2H3,(H3,22,23,24,25). The molecule has 2 aliphatic rings. The molecule has 144 valence electrons. The van der Waals surface area contributed by atoms with Gasteiger partial charge in [-0.05, 0) is 17.0 Å². The van der Waals surface area contributed by atoms with Gasteiger partial charge in [0.15, 0.2) is 23.6 Å². The van der Waals surface area contributed by atoms with Gasteiger partial charge in [-0.2, -0.15) is 0 Å². The monoisotopic (exact) mass is 377 g/mol. The average molecular weight is 377 g/mol. The molecule has 0 fully saturated rings. The predicted octanol–water partition coefficient (Wildman–Crippen LogP) is 3.61. The van der Waals surface area contributed by atoms with Crippen molar-refractivity contribution in [3.05, 3.63) is 47.5 Å². The Kier molecular flexibility index (Phi) is 3.89. The van der Waals surface area contributed by atoms with E-state index in [1.807, 2.05) is 12.1 Å². The number of imidazole rings is 1. The summed E-state index contributed by atoms with van der Waals surface area (Å²) < 4.78 is 13.7. The van der Waals surface area contributed by atoms with Crippen LogP contribution >= 0.6 is 0 Å². The summed E-state index contributed by atoms with van der Waals surface area (Å²) in [5.41, 5.74) is 10.2. The summed E-state index contributed by atoms with van der Waals surface area (Å²) in [7, 11) is 0. The second-order valence-electron chi connectivity index (χ2n) is 7.48. The molecule has 0 amide bonds. The van der Waals surface area contributed by atoms with Crippen LogP contribution in [-0.4, -0.2) is 28.7 Å². The quantitative estimate of drug-likeness (QED) is 0.712. The van der Waals surface area contributed by atoms with Gasteiger partial charge in [-0.3, -0.25) is 9.88 Å². The molecule has 0 saturated carbocycles. The Morgan fingerprint density at radius 3 is 2.54 bits per heavy atom. The highest BCUT2D eigenvalue weighted by molar-refractivity contribution is 5.95. The number of nitrogens with two attached hydrogens (primary N) is 1. The van der Waals surface area contributed by atoms with Gasteiger partial charge in [0.25, 0.3) is 0 Å². The SMILES string of the molecule is CC(C)c1ccc(C2N=C(N)Nc3nc4cc5c(cc4n32)OCCCO5)cc1. The lowest BCUT2D eigenvalue weighted by molar-refractivity contribution is 0.297. The van der Waals surface area contributed by atoms with E-state index in [9.17, 15) is 0 Å². The fourth-order valence-corrected chi connectivity index (χ4v) is 3.70. The van der Waals surface area contributed by atoms with Crippen molar-refractivity contribution < 1.29 is 9.47 Å². The molecule has 2 aromatic carbocycles. The fraction of sp³-hybridized carbons (Fsp3) is 0.333. The lowest BCUT2D eigenvalue weighted by Crippen LogP contribution is -2.31. The van der Waals surface area contributed by atoms with Gasteiger partial charge < -0.3 is 15.2 Å². The van der Waals surface area contributed by atoms with Crippen molar-refractivity contribution in [3.63, 3.8) is 0 Å². The maximum Gasteiger partial charge on any atom is 0.212 e. The van der Waals surface area contributed by atoms with Crippen molar-refractivity contribution in [1.82, 2.24) is 9.55 Å². The molecule has 0 bridgehead atoms. The molecule has 3 N–H and O–H groups in total. The minimum atomic E-state index is -0.285. The third kappa shape index (κ3) is 2.74. The Morgan fingerprint density at radius 2 is 1.82 bits per heavy atom. The molecule has 0 spiro atoms. The number of aliphatic imine (C=N–C) groups is 1. The third-order valence-corrected chi connectivity index (χ3v) is 5.21. The minimum Gasteiger partial charge on any atom is -0.489 e. The summed E-state index contributed by atoms with van der Waals surface area (Å²) in [4.78, 5) is 9.37. The topological polar surface area (TPSA) is 86.7 Å². The molecule has 1 atom stereocenters.